The van der Waals surface area contributed by atoms with Crippen LogP contribution in [0.15, 0.2) is 0 Å². The molecule has 0 spiro atoms. The molecule has 34 valence electrons. The van der Waals surface area contributed by atoms with Crippen molar-refractivity contribution in [1.29, 1.82) is 0 Å². The van der Waals surface area contributed by atoms with Gasteiger partial charge >= 0.3 is 43.6 Å². The molecule has 0 aliphatic carbocycles. The van der Waals surface area contributed by atoms with Crippen LogP contribution in [-0.4, -0.2) is 30.8 Å². The second-order valence-electron chi connectivity index (χ2n) is 0.184. The zero-order chi connectivity index (χ0) is 5.41. The topological polar surface area (TPSA) is 54.1 Å². The third-order valence-corrected chi connectivity index (χ3v) is 0. The van der Waals surface area contributed by atoms with Gasteiger partial charge in [0.1, 0.15) is 0 Å². The molecular weight excluding hydrogens is 157 g/mol. The van der Waals surface area contributed by atoms with Crippen molar-refractivity contribution >= 4 is 43.6 Å². The molecule has 3 nitrogen and oxygen atoms in total. The van der Waals surface area contributed by atoms with Crippen LogP contribution in [0.3, 0.4) is 0 Å². The van der Waals surface area contributed by atoms with E-state index in [1.54, 1.807) is 0 Å². The van der Waals surface area contributed by atoms with Gasteiger partial charge in [-0.25, -0.2) is 0 Å². The molecule has 0 atom stereocenters. The van der Waals surface area contributed by atoms with Crippen molar-refractivity contribution < 1.29 is 5.34 Å². The van der Waals surface area contributed by atoms with Crippen LogP contribution >= 0.6 is 12.8 Å². The quantitative estimate of drug-likeness (QED) is 0.288. The van der Waals surface area contributed by atoms with Crippen LogP contribution < -0.4 is 5.34 Å². The molecule has 0 aliphatic heterocycles. The molecule has 0 saturated carbocycles. The summed E-state index contributed by atoms with van der Waals surface area (Å²) in [4.78, 5) is 8.12. The predicted octanol–water partition coefficient (Wildman–Crippen LogP) is -0.671. The average molecular weight is 158 g/mol. The summed E-state index contributed by atoms with van der Waals surface area (Å²) in [5.41, 5.74) is 0. The third-order valence-electron chi connectivity index (χ3n) is 0. The van der Waals surface area contributed by atoms with E-state index in [2.05, 4.69) is 0 Å². The van der Waals surface area contributed by atoms with E-state index in [0.29, 0.717) is 0 Å². The van der Waals surface area contributed by atoms with Crippen LogP contribution in [0.4, 0.5) is 0 Å². The normalized spacial score (nSPS) is 3.67. The Kier molecular flexibility index (Phi) is 27.9. The van der Waals surface area contributed by atoms with Gasteiger partial charge < -0.3 is 0 Å². The number of nitrogens with one attached hydrogen (secondary N) is 1. The molecule has 0 radical (unpaired) electrons. The Morgan fingerprint density at radius 3 is 1.67 bits per heavy atom. The Labute approximate surface area is 58.3 Å². The van der Waals surface area contributed by atoms with E-state index in [1.165, 1.54) is 0 Å². The second-order valence-corrected chi connectivity index (χ2v) is 3.83. The maximum atomic E-state index is 8.12. The zero-order valence-corrected chi connectivity index (χ0v) is 6.50. The molecule has 0 aromatic carbocycles. The number of hydrogen-bond donors (Lipinski definition) is 1. The molecule has 0 fully saturated rings. The summed E-state index contributed by atoms with van der Waals surface area (Å²) in [5, 5.41) is 8.38. The monoisotopic (exact) mass is 157 g/mol. The fourth-order valence-electron chi connectivity index (χ4n) is 0. The average Bonchev–Trinajstić information content (AvgIpc) is 1.39. The summed E-state index contributed by atoms with van der Waals surface area (Å²) in [5.74, 6) is 0. The molecule has 0 aliphatic rings. The van der Waals surface area contributed by atoms with Crippen molar-refractivity contribution in [2.45, 2.75) is 0 Å². The molecule has 6 heteroatoms. The van der Waals surface area contributed by atoms with Crippen molar-refractivity contribution in [1.82, 2.24) is 0 Å². The first-order valence-electron chi connectivity index (χ1n) is 0.943. The molecule has 0 aromatic heterocycles. The number of hydrogen-bond acceptors (Lipinski definition) is 2. The fourth-order valence-corrected chi connectivity index (χ4v) is 0. The van der Waals surface area contributed by atoms with Crippen molar-refractivity contribution in [3.8, 4) is 0 Å². The SMILES string of the molecule is O=[NH+][O-].[Cl][Ca][Cl]. The van der Waals surface area contributed by atoms with Gasteiger partial charge in [0.2, 0.25) is 0 Å². The summed E-state index contributed by atoms with van der Waals surface area (Å²) in [7, 11) is 0. The Morgan fingerprint density at radius 1 is 1.67 bits per heavy atom. The van der Waals surface area contributed by atoms with Crippen LogP contribution in [0.2, 0.25) is 0 Å². The van der Waals surface area contributed by atoms with E-state index in [0.717, 1.165) is 0 Å². The van der Waals surface area contributed by atoms with Crippen LogP contribution in [-0.2, 0) is 0 Å². The van der Waals surface area contributed by atoms with Crippen LogP contribution in [0, 0.1) is 10.1 Å². The van der Waals surface area contributed by atoms with E-state index in [4.69, 9.17) is 22.9 Å². The molecule has 0 unspecified atom stereocenters. The molecular formula is HCaCl2NO2. The van der Waals surface area contributed by atoms with Crippen molar-refractivity contribution in [2.24, 2.45) is 0 Å². The Morgan fingerprint density at radius 2 is 1.67 bits per heavy atom. The molecule has 0 saturated heterocycles. The predicted molar refractivity (Wildman–Crippen MR) is 25.2 cm³/mol. The molecule has 0 rings (SSSR count). The Balaban J connectivity index is 0. The summed E-state index contributed by atoms with van der Waals surface area (Å²) in [6.07, 6.45) is 9.90. The Bertz CT molecular complexity index is 25.5. The van der Waals surface area contributed by atoms with E-state index in [9.17, 15) is 0 Å². The fraction of sp³-hybridized carbons (Fsp3) is 0. The van der Waals surface area contributed by atoms with E-state index in [1.807, 2.05) is 0 Å². The second kappa shape index (κ2) is 16.3. The molecule has 6 heavy (non-hydrogen) atoms. The molecule has 0 aromatic rings. The minimum absolute atomic E-state index is 0.250. The van der Waals surface area contributed by atoms with Gasteiger partial charge in [0.05, 0.1) is 0 Å². The standard InChI is InChI=1S/Ca.2ClH.HNO2/c;;;2-1-3/h;2*1H;1H/q+2;;;/p-2. The minimum atomic E-state index is -0.931. The van der Waals surface area contributed by atoms with Crippen LogP contribution in [0.25, 0.3) is 0 Å². The van der Waals surface area contributed by atoms with Crippen molar-refractivity contribution in [3.63, 3.8) is 0 Å². The summed E-state index contributed by atoms with van der Waals surface area (Å²) < 4.78 is 0. The first-order chi connectivity index (χ1) is 2.83. The first kappa shape index (κ1) is 10.3. The van der Waals surface area contributed by atoms with Crippen LogP contribution in [0.1, 0.15) is 0 Å². The molecule has 0 heterocycles. The van der Waals surface area contributed by atoms with E-state index in [-0.39, 0.29) is 5.34 Å². The van der Waals surface area contributed by atoms with Crippen molar-refractivity contribution in [2.75, 3.05) is 0 Å². The molecule has 1 N–H and O–H groups in total. The van der Waals surface area contributed by atoms with Gasteiger partial charge in [-0.1, -0.05) is 0 Å². The number of rotatable bonds is 0. The van der Waals surface area contributed by atoms with Gasteiger partial charge in [-0.2, -0.15) is 0 Å². The third kappa shape index (κ3) is 61.3. The Hall–Kier alpha value is 1.24. The first-order valence-corrected chi connectivity index (χ1v) is 7.02. The van der Waals surface area contributed by atoms with Crippen LogP contribution in [0.5, 0.6) is 0 Å². The van der Waals surface area contributed by atoms with Gasteiger partial charge in [0.15, 0.2) is 0 Å². The molecule has 0 bridgehead atoms. The molecule has 0 amide bonds. The zero-order valence-electron chi connectivity index (χ0n) is 2.78. The maximum absolute atomic E-state index is 8.12. The van der Waals surface area contributed by atoms with Gasteiger partial charge in [0.25, 0.3) is 0 Å². The van der Waals surface area contributed by atoms with Gasteiger partial charge in [0, 0.05) is 5.34 Å². The van der Waals surface area contributed by atoms with Gasteiger partial charge in [-0.05, 0) is 0 Å². The van der Waals surface area contributed by atoms with Gasteiger partial charge in [-0.3, -0.25) is 10.1 Å². The van der Waals surface area contributed by atoms with Gasteiger partial charge in [-0.15, -0.1) is 0 Å². The van der Waals surface area contributed by atoms with E-state index >= 15 is 0 Å². The van der Waals surface area contributed by atoms with Crippen molar-refractivity contribution in [3.05, 3.63) is 10.1 Å². The summed E-state index contributed by atoms with van der Waals surface area (Å²) in [6, 6.07) is 0. The number of halogens is 2. The van der Waals surface area contributed by atoms with E-state index < -0.39 is 30.8 Å². The summed E-state index contributed by atoms with van der Waals surface area (Å²) in [6.45, 7) is 0. The summed E-state index contributed by atoms with van der Waals surface area (Å²) >= 11 is -0.931.